The number of aromatic nitrogens is 2. The summed E-state index contributed by atoms with van der Waals surface area (Å²) < 4.78 is 5.70. The van der Waals surface area contributed by atoms with E-state index in [-0.39, 0.29) is 30.7 Å². The van der Waals surface area contributed by atoms with Gasteiger partial charge in [-0.05, 0) is 20.8 Å². The molecule has 0 saturated heterocycles. The Labute approximate surface area is 109 Å². The van der Waals surface area contributed by atoms with Gasteiger partial charge in [0.2, 0.25) is 0 Å². The Kier molecular flexibility index (Phi) is 5.05. The largest absolute Gasteiger partial charge is 0.466 e. The maximum absolute atomic E-state index is 11.9. The zero-order chi connectivity index (χ0) is 14.6. The van der Waals surface area contributed by atoms with E-state index in [0.717, 1.165) is 4.68 Å². The second kappa shape index (κ2) is 6.33. The lowest BCUT2D eigenvalue weighted by molar-refractivity contribution is -0.145. The molecule has 0 aliphatic carbocycles. The molecule has 0 aliphatic rings. The maximum atomic E-state index is 11.9. The molecule has 0 bridgehead atoms. The first-order valence-electron chi connectivity index (χ1n) is 6.00. The van der Waals surface area contributed by atoms with Crippen molar-refractivity contribution in [1.82, 2.24) is 9.78 Å². The fraction of sp³-hybridized carbons (Fsp3) is 0.583. The first kappa shape index (κ1) is 15.2. The van der Waals surface area contributed by atoms with Crippen LogP contribution in [0.25, 0.3) is 0 Å². The predicted octanol–water partition coefficient (Wildman–Crippen LogP) is -0.532. The van der Waals surface area contributed by atoms with Crippen molar-refractivity contribution in [3.8, 4) is 0 Å². The van der Waals surface area contributed by atoms with E-state index in [1.54, 1.807) is 20.8 Å². The molecule has 7 nitrogen and oxygen atoms in total. The normalized spacial score (nSPS) is 12.2. The van der Waals surface area contributed by atoms with E-state index in [0.29, 0.717) is 11.1 Å². The summed E-state index contributed by atoms with van der Waals surface area (Å²) in [6.07, 6.45) is -1.32. The number of carbonyl (C=O) groups excluding carboxylic acids is 1. The summed E-state index contributed by atoms with van der Waals surface area (Å²) >= 11 is 0. The summed E-state index contributed by atoms with van der Waals surface area (Å²) in [5.41, 5.74) is -0.103. The number of aliphatic hydroxyl groups is 1. The number of ether oxygens (including phenoxy) is 1. The number of esters is 1. The first-order valence-corrected chi connectivity index (χ1v) is 6.00. The Morgan fingerprint density at radius 3 is 2.58 bits per heavy atom. The lowest BCUT2D eigenvalue weighted by atomic mass is 10.2. The van der Waals surface area contributed by atoms with Gasteiger partial charge in [0.05, 0.1) is 25.7 Å². The van der Waals surface area contributed by atoms with Crippen LogP contribution in [0.3, 0.4) is 0 Å². The van der Waals surface area contributed by atoms with Crippen LogP contribution in [0.4, 0.5) is 0 Å². The molecule has 1 unspecified atom stereocenters. The van der Waals surface area contributed by atoms with Crippen LogP contribution in [0.15, 0.2) is 9.59 Å². The van der Waals surface area contributed by atoms with E-state index < -0.39 is 12.1 Å². The van der Waals surface area contributed by atoms with Crippen LogP contribution < -0.4 is 11.1 Å². The molecule has 0 aromatic carbocycles. The maximum Gasteiger partial charge on any atom is 0.308 e. The van der Waals surface area contributed by atoms with Gasteiger partial charge in [-0.1, -0.05) is 0 Å². The third-order valence-corrected chi connectivity index (χ3v) is 2.81. The van der Waals surface area contributed by atoms with Crippen molar-refractivity contribution in [2.45, 2.75) is 39.8 Å². The molecular weight excluding hydrogens is 252 g/mol. The Hall–Kier alpha value is -1.89. The van der Waals surface area contributed by atoms with Gasteiger partial charge in [-0.2, -0.15) is 0 Å². The molecule has 2 N–H and O–H groups in total. The van der Waals surface area contributed by atoms with Crippen molar-refractivity contribution in [2.24, 2.45) is 0 Å². The average Bonchev–Trinajstić information content (AvgIpc) is 2.33. The summed E-state index contributed by atoms with van der Waals surface area (Å²) in [6.45, 7) is 4.83. The average molecular weight is 270 g/mol. The van der Waals surface area contributed by atoms with Gasteiger partial charge < -0.3 is 9.84 Å². The topological polar surface area (TPSA) is 101 Å². The molecule has 1 aromatic rings. The molecular formula is C12H18N2O5. The number of nitrogens with one attached hydrogen (secondary N) is 1. The molecule has 106 valence electrons. The van der Waals surface area contributed by atoms with Gasteiger partial charge in [0.15, 0.2) is 0 Å². The summed E-state index contributed by atoms with van der Waals surface area (Å²) in [5, 5.41) is 12.0. The van der Waals surface area contributed by atoms with Crippen molar-refractivity contribution in [2.75, 3.05) is 6.61 Å². The number of H-pyrrole nitrogens is 1. The van der Waals surface area contributed by atoms with E-state index in [2.05, 4.69) is 9.84 Å². The van der Waals surface area contributed by atoms with Crippen LogP contribution in [-0.2, 0) is 16.1 Å². The van der Waals surface area contributed by atoms with E-state index in [1.807, 2.05) is 0 Å². The van der Waals surface area contributed by atoms with E-state index >= 15 is 0 Å². The smallest absolute Gasteiger partial charge is 0.308 e. The van der Waals surface area contributed by atoms with Crippen LogP contribution in [0.2, 0.25) is 0 Å². The third kappa shape index (κ3) is 3.78. The Morgan fingerprint density at radius 2 is 2.00 bits per heavy atom. The van der Waals surface area contributed by atoms with Crippen LogP contribution in [-0.4, -0.2) is 33.6 Å². The number of nitrogens with zero attached hydrogens (tertiary/aromatic N) is 1. The molecule has 0 radical (unpaired) electrons. The van der Waals surface area contributed by atoms with Crippen LogP contribution >= 0.6 is 0 Å². The first-order chi connectivity index (χ1) is 8.86. The van der Waals surface area contributed by atoms with Gasteiger partial charge in [-0.15, -0.1) is 0 Å². The molecule has 1 atom stereocenters. The van der Waals surface area contributed by atoms with Gasteiger partial charge >= 0.3 is 5.97 Å². The lowest BCUT2D eigenvalue weighted by Gasteiger charge is -2.12. The standard InChI is InChI=1S/C12H18N2O5/c1-4-19-10(16)5-9(15)6-14-12(18)8(3)7(2)11(17)13-14/h9,15H,4-6H2,1-3H3,(H,13,17). The summed E-state index contributed by atoms with van der Waals surface area (Å²) in [7, 11) is 0. The third-order valence-electron chi connectivity index (χ3n) is 2.81. The van der Waals surface area contributed by atoms with Gasteiger partial charge in [0.25, 0.3) is 11.1 Å². The van der Waals surface area contributed by atoms with Gasteiger partial charge in [0, 0.05) is 11.1 Å². The van der Waals surface area contributed by atoms with Crippen molar-refractivity contribution in [3.63, 3.8) is 0 Å². The van der Waals surface area contributed by atoms with Gasteiger partial charge in [-0.3, -0.25) is 19.5 Å². The minimum atomic E-state index is -1.09. The molecule has 7 heteroatoms. The molecule has 0 spiro atoms. The number of hydrogen-bond donors (Lipinski definition) is 2. The predicted molar refractivity (Wildman–Crippen MR) is 68.1 cm³/mol. The van der Waals surface area contributed by atoms with Crippen LogP contribution in [0, 0.1) is 13.8 Å². The van der Waals surface area contributed by atoms with E-state index in [4.69, 9.17) is 0 Å². The molecule has 0 fully saturated rings. The molecule has 0 amide bonds. The van der Waals surface area contributed by atoms with E-state index in [1.165, 1.54) is 0 Å². The van der Waals surface area contributed by atoms with E-state index in [9.17, 15) is 19.5 Å². The number of carbonyl (C=O) groups is 1. The van der Waals surface area contributed by atoms with Crippen LogP contribution in [0.5, 0.6) is 0 Å². The highest BCUT2D eigenvalue weighted by Crippen LogP contribution is 1.98. The zero-order valence-electron chi connectivity index (χ0n) is 11.2. The Balaban J connectivity index is 2.86. The number of aliphatic hydroxyl groups excluding tert-OH is 1. The van der Waals surface area contributed by atoms with Crippen molar-refractivity contribution in [3.05, 3.63) is 31.8 Å². The number of rotatable bonds is 5. The number of aromatic amines is 1. The minimum Gasteiger partial charge on any atom is -0.466 e. The summed E-state index contributed by atoms with van der Waals surface area (Å²) in [5.74, 6) is -0.547. The molecule has 1 rings (SSSR count). The minimum absolute atomic E-state index is 0.159. The zero-order valence-corrected chi connectivity index (χ0v) is 11.2. The van der Waals surface area contributed by atoms with Crippen molar-refractivity contribution >= 4 is 5.97 Å². The van der Waals surface area contributed by atoms with Gasteiger partial charge in [0.1, 0.15) is 0 Å². The molecule has 0 aliphatic heterocycles. The summed E-state index contributed by atoms with van der Waals surface area (Å²) in [4.78, 5) is 34.6. The van der Waals surface area contributed by atoms with Crippen molar-refractivity contribution < 1.29 is 14.6 Å². The Bertz CT molecular complexity index is 572. The summed E-state index contributed by atoms with van der Waals surface area (Å²) in [6, 6.07) is 0. The molecule has 1 aromatic heterocycles. The highest BCUT2D eigenvalue weighted by molar-refractivity contribution is 5.69. The highest BCUT2D eigenvalue weighted by atomic mass is 16.5. The fourth-order valence-electron chi connectivity index (χ4n) is 1.61. The monoisotopic (exact) mass is 270 g/mol. The second-order valence-electron chi connectivity index (χ2n) is 4.27. The van der Waals surface area contributed by atoms with Crippen molar-refractivity contribution in [1.29, 1.82) is 0 Å². The SMILES string of the molecule is CCOC(=O)CC(O)Cn1[nH]c(=O)c(C)c(C)c1=O. The molecule has 19 heavy (non-hydrogen) atoms. The highest BCUT2D eigenvalue weighted by Gasteiger charge is 2.15. The van der Waals surface area contributed by atoms with Gasteiger partial charge in [-0.25, -0.2) is 4.68 Å². The Morgan fingerprint density at radius 1 is 1.37 bits per heavy atom. The van der Waals surface area contributed by atoms with Crippen LogP contribution in [0.1, 0.15) is 24.5 Å². The molecule has 0 saturated carbocycles. The second-order valence-corrected chi connectivity index (χ2v) is 4.27. The molecule has 1 heterocycles. The fourth-order valence-corrected chi connectivity index (χ4v) is 1.61. The quantitative estimate of drug-likeness (QED) is 0.700. The lowest BCUT2D eigenvalue weighted by Crippen LogP contribution is -2.36. The number of hydrogen-bond acceptors (Lipinski definition) is 5.